The van der Waals surface area contributed by atoms with Gasteiger partial charge in [0.2, 0.25) is 0 Å². The molecule has 22 heavy (non-hydrogen) atoms. The Bertz CT molecular complexity index is 764. The number of hydrogen-bond donors (Lipinski definition) is 2. The third kappa shape index (κ3) is 3.15. The van der Waals surface area contributed by atoms with E-state index in [2.05, 4.69) is 10.3 Å². The molecule has 0 fully saturated rings. The second-order valence-electron chi connectivity index (χ2n) is 4.86. The summed E-state index contributed by atoms with van der Waals surface area (Å²) < 4.78 is 1.94. The molecule has 1 heterocycles. The van der Waals surface area contributed by atoms with Crippen LogP contribution >= 0.6 is 0 Å². The molecule has 3 rings (SSSR count). The number of carbonyl (C=O) groups is 1. The van der Waals surface area contributed by atoms with Crippen LogP contribution < -0.4 is 5.32 Å². The average molecular weight is 293 g/mol. The molecule has 0 radical (unpaired) electrons. The van der Waals surface area contributed by atoms with Gasteiger partial charge in [-0.2, -0.15) is 0 Å². The van der Waals surface area contributed by atoms with Crippen molar-refractivity contribution in [3.05, 3.63) is 72.7 Å². The fourth-order valence-electron chi connectivity index (χ4n) is 2.19. The summed E-state index contributed by atoms with van der Waals surface area (Å²) in [5, 5.41) is 10.9. The number of nitrogens with zero attached hydrogens (tertiary/aromatic N) is 2. The van der Waals surface area contributed by atoms with Crippen molar-refractivity contribution in [1.82, 2.24) is 14.9 Å². The maximum atomic E-state index is 10.5. The summed E-state index contributed by atoms with van der Waals surface area (Å²) in [4.78, 5) is 14.9. The van der Waals surface area contributed by atoms with Crippen LogP contribution in [0.2, 0.25) is 0 Å². The summed E-state index contributed by atoms with van der Waals surface area (Å²) in [6.45, 7) is 0.300. The molecule has 110 valence electrons. The number of rotatable bonds is 4. The first-order valence-electron chi connectivity index (χ1n) is 6.88. The zero-order valence-electron chi connectivity index (χ0n) is 11.8. The van der Waals surface area contributed by atoms with Crippen molar-refractivity contribution in [2.45, 2.75) is 6.54 Å². The van der Waals surface area contributed by atoms with Gasteiger partial charge in [-0.3, -0.25) is 0 Å². The zero-order chi connectivity index (χ0) is 15.4. The molecule has 5 heteroatoms. The number of aromatic nitrogens is 2. The Labute approximate surface area is 127 Å². The second kappa shape index (κ2) is 6.13. The van der Waals surface area contributed by atoms with E-state index in [9.17, 15) is 4.79 Å². The Morgan fingerprint density at radius 1 is 1.09 bits per heavy atom. The lowest BCUT2D eigenvalue weighted by Crippen LogP contribution is -2.19. The molecule has 0 bridgehead atoms. The normalized spacial score (nSPS) is 10.4. The maximum Gasteiger partial charge on any atom is 0.404 e. The topological polar surface area (TPSA) is 67.2 Å². The minimum atomic E-state index is -1.02. The quantitative estimate of drug-likeness (QED) is 0.775. The maximum absolute atomic E-state index is 10.5. The van der Waals surface area contributed by atoms with Crippen molar-refractivity contribution in [2.24, 2.45) is 0 Å². The molecule has 5 nitrogen and oxygen atoms in total. The van der Waals surface area contributed by atoms with E-state index in [1.54, 1.807) is 6.33 Å². The first-order valence-corrected chi connectivity index (χ1v) is 6.88. The van der Waals surface area contributed by atoms with E-state index >= 15 is 0 Å². The van der Waals surface area contributed by atoms with E-state index in [0.717, 1.165) is 22.5 Å². The lowest BCUT2D eigenvalue weighted by atomic mass is 10.2. The molecule has 0 saturated carbocycles. The first-order chi connectivity index (χ1) is 10.7. The molecule has 3 aromatic rings. The number of hydrogen-bond acceptors (Lipinski definition) is 2. The smallest absolute Gasteiger partial charge is 0.404 e. The van der Waals surface area contributed by atoms with Gasteiger partial charge in [0.15, 0.2) is 0 Å². The van der Waals surface area contributed by atoms with Gasteiger partial charge in [0.05, 0.1) is 12.0 Å². The highest BCUT2D eigenvalue weighted by Crippen LogP contribution is 2.18. The van der Waals surface area contributed by atoms with Crippen LogP contribution in [-0.4, -0.2) is 20.8 Å². The van der Waals surface area contributed by atoms with E-state index in [-0.39, 0.29) is 0 Å². The molecule has 0 atom stereocenters. The van der Waals surface area contributed by atoms with Crippen molar-refractivity contribution in [3.63, 3.8) is 0 Å². The molecular weight excluding hydrogens is 278 g/mol. The number of nitrogens with one attached hydrogen (secondary N) is 1. The molecule has 0 spiro atoms. The van der Waals surface area contributed by atoms with Gasteiger partial charge in [-0.25, -0.2) is 9.78 Å². The summed E-state index contributed by atoms with van der Waals surface area (Å²) in [6, 6.07) is 17.7. The lowest BCUT2D eigenvalue weighted by molar-refractivity contribution is 0.194. The Balaban J connectivity index is 1.77. The third-order valence-corrected chi connectivity index (χ3v) is 3.33. The number of amides is 1. The molecule has 0 saturated heterocycles. The summed E-state index contributed by atoms with van der Waals surface area (Å²) >= 11 is 0. The molecule has 1 aromatic heterocycles. The van der Waals surface area contributed by atoms with Crippen LogP contribution in [0.15, 0.2) is 67.1 Å². The number of benzene rings is 2. The standard InChI is InChI=1S/C17H15N3O2/c21-17(22)18-10-13-6-8-15(9-7-13)20-11-16(19-12-20)14-4-2-1-3-5-14/h1-9,11-12,18H,10H2,(H,21,22). The van der Waals surface area contributed by atoms with Gasteiger partial charge in [0, 0.05) is 24.0 Å². The summed E-state index contributed by atoms with van der Waals surface area (Å²) in [5.41, 5.74) is 3.88. The number of imidazole rings is 1. The van der Waals surface area contributed by atoms with Crippen LogP contribution in [0.3, 0.4) is 0 Å². The van der Waals surface area contributed by atoms with Crippen LogP contribution in [0.4, 0.5) is 4.79 Å². The van der Waals surface area contributed by atoms with Gasteiger partial charge in [-0.05, 0) is 17.7 Å². The van der Waals surface area contributed by atoms with Crippen molar-refractivity contribution in [1.29, 1.82) is 0 Å². The summed E-state index contributed by atoms with van der Waals surface area (Å²) in [7, 11) is 0. The van der Waals surface area contributed by atoms with E-state index in [1.807, 2.05) is 65.4 Å². The highest BCUT2D eigenvalue weighted by Gasteiger charge is 2.03. The second-order valence-corrected chi connectivity index (χ2v) is 4.86. The highest BCUT2D eigenvalue weighted by molar-refractivity contribution is 5.64. The van der Waals surface area contributed by atoms with Gasteiger partial charge in [-0.1, -0.05) is 42.5 Å². The fourth-order valence-corrected chi connectivity index (χ4v) is 2.19. The first kappa shape index (κ1) is 13.9. The van der Waals surface area contributed by atoms with E-state index in [4.69, 9.17) is 5.11 Å². The Hall–Kier alpha value is -3.08. The van der Waals surface area contributed by atoms with Crippen molar-refractivity contribution < 1.29 is 9.90 Å². The van der Waals surface area contributed by atoms with E-state index < -0.39 is 6.09 Å². The van der Waals surface area contributed by atoms with Gasteiger partial charge in [-0.15, -0.1) is 0 Å². The minimum absolute atomic E-state index is 0.300. The molecule has 0 aliphatic carbocycles. The van der Waals surface area contributed by atoms with Crippen LogP contribution in [0, 0.1) is 0 Å². The molecule has 2 aromatic carbocycles. The van der Waals surface area contributed by atoms with Crippen LogP contribution in [0.1, 0.15) is 5.56 Å². The van der Waals surface area contributed by atoms with Crippen LogP contribution in [-0.2, 0) is 6.54 Å². The Morgan fingerprint density at radius 3 is 2.50 bits per heavy atom. The van der Waals surface area contributed by atoms with Crippen LogP contribution in [0.5, 0.6) is 0 Å². The molecule has 0 aliphatic rings. The van der Waals surface area contributed by atoms with Gasteiger partial charge in [0.1, 0.15) is 0 Å². The predicted molar refractivity (Wildman–Crippen MR) is 83.9 cm³/mol. The summed E-state index contributed by atoms with van der Waals surface area (Å²) in [5.74, 6) is 0. The lowest BCUT2D eigenvalue weighted by Gasteiger charge is -2.05. The van der Waals surface area contributed by atoms with Crippen molar-refractivity contribution >= 4 is 6.09 Å². The Kier molecular flexibility index (Phi) is 3.87. The van der Waals surface area contributed by atoms with Crippen molar-refractivity contribution in [3.8, 4) is 16.9 Å². The van der Waals surface area contributed by atoms with Crippen LogP contribution in [0.25, 0.3) is 16.9 Å². The monoisotopic (exact) mass is 293 g/mol. The van der Waals surface area contributed by atoms with Gasteiger partial charge >= 0.3 is 6.09 Å². The third-order valence-electron chi connectivity index (χ3n) is 3.33. The van der Waals surface area contributed by atoms with E-state index in [0.29, 0.717) is 6.54 Å². The zero-order valence-corrected chi connectivity index (χ0v) is 11.8. The molecular formula is C17H15N3O2. The number of carboxylic acid groups (broad SMARTS) is 1. The highest BCUT2D eigenvalue weighted by atomic mass is 16.4. The van der Waals surface area contributed by atoms with Gasteiger partial charge < -0.3 is 15.0 Å². The molecule has 1 amide bonds. The van der Waals surface area contributed by atoms with E-state index in [1.165, 1.54) is 0 Å². The fraction of sp³-hybridized carbons (Fsp3) is 0.0588. The minimum Gasteiger partial charge on any atom is -0.465 e. The van der Waals surface area contributed by atoms with Crippen molar-refractivity contribution in [2.75, 3.05) is 0 Å². The predicted octanol–water partition coefficient (Wildman–Crippen LogP) is 3.31. The summed E-state index contributed by atoms with van der Waals surface area (Å²) in [6.07, 6.45) is 2.72. The Morgan fingerprint density at radius 2 is 1.82 bits per heavy atom. The molecule has 0 unspecified atom stereocenters. The SMILES string of the molecule is O=C(O)NCc1ccc(-n2cnc(-c3ccccc3)c2)cc1. The molecule has 0 aliphatic heterocycles. The molecule has 2 N–H and O–H groups in total. The average Bonchev–Trinajstić information content (AvgIpc) is 3.04. The van der Waals surface area contributed by atoms with Gasteiger partial charge in [0.25, 0.3) is 0 Å². The largest absolute Gasteiger partial charge is 0.465 e.